The number of hydrogen-bond donors (Lipinski definition) is 1. The average Bonchev–Trinajstić information content (AvgIpc) is 2.43. The number of halogens is 6. The zero-order chi connectivity index (χ0) is 15.0. The van der Waals surface area contributed by atoms with Gasteiger partial charge in [0, 0.05) is 11.1 Å². The Morgan fingerprint density at radius 2 is 1.40 bits per heavy atom. The minimum Gasteiger partial charge on any atom is -0.392 e. The number of aliphatic hydroxyl groups is 1. The first-order valence-corrected chi connectivity index (χ1v) is 7.05. The number of pyridine rings is 1. The van der Waals surface area contributed by atoms with Crippen LogP contribution in [0.4, 0.5) is 4.39 Å². The molecule has 1 heterocycles. The van der Waals surface area contributed by atoms with Gasteiger partial charge in [0.2, 0.25) is 5.95 Å². The fraction of sp³-hybridized carbons (Fsp3) is 0.0833. The Morgan fingerprint density at radius 3 is 1.90 bits per heavy atom. The molecule has 0 aliphatic carbocycles. The van der Waals surface area contributed by atoms with E-state index >= 15 is 0 Å². The van der Waals surface area contributed by atoms with Crippen molar-refractivity contribution >= 4 is 58.0 Å². The van der Waals surface area contributed by atoms with E-state index in [0.29, 0.717) is 5.56 Å². The van der Waals surface area contributed by atoms with E-state index in [2.05, 4.69) is 4.98 Å². The molecule has 2 nitrogen and oxygen atoms in total. The Labute approximate surface area is 139 Å². The molecule has 1 N–H and O–H groups in total. The van der Waals surface area contributed by atoms with Crippen LogP contribution in [-0.4, -0.2) is 10.1 Å². The van der Waals surface area contributed by atoms with Crippen LogP contribution in [0.5, 0.6) is 0 Å². The maximum Gasteiger partial charge on any atom is 0.213 e. The third kappa shape index (κ3) is 2.71. The topological polar surface area (TPSA) is 33.1 Å². The highest BCUT2D eigenvalue weighted by molar-refractivity contribution is 6.56. The highest BCUT2D eigenvalue weighted by Gasteiger charge is 2.23. The molecule has 106 valence electrons. The molecule has 1 aromatic heterocycles. The molecule has 0 unspecified atom stereocenters. The Bertz CT molecular complexity index is 663. The highest BCUT2D eigenvalue weighted by Crippen LogP contribution is 2.48. The lowest BCUT2D eigenvalue weighted by Crippen LogP contribution is -1.98. The predicted octanol–water partition coefficient (Wildman–Crippen LogP) is 5.65. The van der Waals surface area contributed by atoms with E-state index in [-0.39, 0.29) is 43.0 Å². The van der Waals surface area contributed by atoms with Crippen LogP contribution in [0.3, 0.4) is 0 Å². The van der Waals surface area contributed by atoms with Crippen LogP contribution < -0.4 is 0 Å². The van der Waals surface area contributed by atoms with Crippen molar-refractivity contribution in [3.8, 4) is 11.3 Å². The van der Waals surface area contributed by atoms with Crippen molar-refractivity contribution in [2.24, 2.45) is 0 Å². The molecule has 0 atom stereocenters. The lowest BCUT2D eigenvalue weighted by Gasteiger charge is -2.14. The van der Waals surface area contributed by atoms with Crippen molar-refractivity contribution in [1.82, 2.24) is 4.98 Å². The predicted molar refractivity (Wildman–Crippen MR) is 80.6 cm³/mol. The summed E-state index contributed by atoms with van der Waals surface area (Å²) in [4.78, 5) is 3.69. The lowest BCUT2D eigenvalue weighted by atomic mass is 10.1. The monoisotopic (exact) mass is 373 g/mol. The molecule has 0 spiro atoms. The molecular weight excluding hydrogens is 370 g/mol. The number of aromatic nitrogens is 1. The van der Waals surface area contributed by atoms with E-state index in [1.165, 1.54) is 6.07 Å². The molecule has 0 aliphatic heterocycles. The lowest BCUT2D eigenvalue weighted by molar-refractivity contribution is 0.281. The summed E-state index contributed by atoms with van der Waals surface area (Å²) in [6.45, 7) is -0.382. The highest BCUT2D eigenvalue weighted by atomic mass is 35.5. The Kier molecular flexibility index (Phi) is 5.00. The molecule has 2 aromatic rings. The van der Waals surface area contributed by atoms with Gasteiger partial charge in [0.05, 0.1) is 37.4 Å². The molecule has 1 aromatic carbocycles. The molecule has 8 heteroatoms. The van der Waals surface area contributed by atoms with Crippen LogP contribution in [0.15, 0.2) is 12.1 Å². The van der Waals surface area contributed by atoms with Gasteiger partial charge in [-0.1, -0.05) is 58.0 Å². The summed E-state index contributed by atoms with van der Waals surface area (Å²) < 4.78 is 13.3. The zero-order valence-corrected chi connectivity index (χ0v) is 13.3. The molecule has 0 saturated heterocycles. The van der Waals surface area contributed by atoms with E-state index in [9.17, 15) is 9.50 Å². The summed E-state index contributed by atoms with van der Waals surface area (Å²) >= 11 is 30.0. The summed E-state index contributed by atoms with van der Waals surface area (Å²) in [6.07, 6.45) is 0. The van der Waals surface area contributed by atoms with Crippen LogP contribution >= 0.6 is 58.0 Å². The minimum absolute atomic E-state index is 0.00552. The van der Waals surface area contributed by atoms with Crippen LogP contribution in [0.2, 0.25) is 25.1 Å². The fourth-order valence-corrected chi connectivity index (χ4v) is 2.94. The standard InChI is InChI=1S/C12H5Cl5FNO/c13-7-6(8(14)10(16)11(17)9(7)15)12-4(3-20)1-2-5(18)19-12/h1-2,20H,3H2. The van der Waals surface area contributed by atoms with E-state index in [1.54, 1.807) is 0 Å². The Hall–Kier alpha value is -0.290. The summed E-state index contributed by atoms with van der Waals surface area (Å²) in [5.41, 5.74) is 0.504. The van der Waals surface area contributed by atoms with Crippen molar-refractivity contribution < 1.29 is 9.50 Å². The van der Waals surface area contributed by atoms with E-state index in [4.69, 9.17) is 58.0 Å². The number of benzene rings is 1. The fourth-order valence-electron chi connectivity index (χ4n) is 1.62. The van der Waals surface area contributed by atoms with Gasteiger partial charge in [-0.2, -0.15) is 4.39 Å². The van der Waals surface area contributed by atoms with Gasteiger partial charge >= 0.3 is 0 Å². The van der Waals surface area contributed by atoms with Gasteiger partial charge in [-0.15, -0.1) is 0 Å². The first kappa shape index (κ1) is 16.1. The summed E-state index contributed by atoms with van der Waals surface area (Å²) in [6, 6.07) is 2.47. The first-order valence-electron chi connectivity index (χ1n) is 5.16. The van der Waals surface area contributed by atoms with Gasteiger partial charge in [0.25, 0.3) is 0 Å². The molecule has 0 amide bonds. The molecule has 20 heavy (non-hydrogen) atoms. The number of aliphatic hydroxyl groups excluding tert-OH is 1. The quantitative estimate of drug-likeness (QED) is 0.418. The van der Waals surface area contributed by atoms with E-state index in [0.717, 1.165) is 6.07 Å². The number of nitrogens with zero attached hydrogens (tertiary/aromatic N) is 1. The van der Waals surface area contributed by atoms with Crippen molar-refractivity contribution in [2.45, 2.75) is 6.61 Å². The van der Waals surface area contributed by atoms with Crippen LogP contribution in [0, 0.1) is 5.95 Å². The number of hydrogen-bond acceptors (Lipinski definition) is 2. The van der Waals surface area contributed by atoms with Gasteiger partial charge in [-0.3, -0.25) is 0 Å². The van der Waals surface area contributed by atoms with Crippen molar-refractivity contribution in [1.29, 1.82) is 0 Å². The third-order valence-corrected chi connectivity index (χ3v) is 4.84. The molecule has 0 bridgehead atoms. The maximum atomic E-state index is 13.3. The van der Waals surface area contributed by atoms with Crippen molar-refractivity contribution in [3.63, 3.8) is 0 Å². The normalized spacial score (nSPS) is 10.9. The van der Waals surface area contributed by atoms with Crippen LogP contribution in [0.25, 0.3) is 11.3 Å². The third-order valence-electron chi connectivity index (χ3n) is 2.56. The van der Waals surface area contributed by atoms with Crippen molar-refractivity contribution in [3.05, 3.63) is 48.8 Å². The largest absolute Gasteiger partial charge is 0.392 e. The second kappa shape index (κ2) is 6.22. The molecule has 0 radical (unpaired) electrons. The minimum atomic E-state index is -0.758. The zero-order valence-electron chi connectivity index (χ0n) is 9.52. The SMILES string of the molecule is OCc1ccc(F)nc1-c1c(Cl)c(Cl)c(Cl)c(Cl)c1Cl. The van der Waals surface area contributed by atoms with E-state index < -0.39 is 5.95 Å². The second-order valence-corrected chi connectivity index (χ2v) is 5.63. The summed E-state index contributed by atoms with van der Waals surface area (Å²) in [5, 5.41) is 9.23. The molecule has 0 fully saturated rings. The average molecular weight is 375 g/mol. The van der Waals surface area contributed by atoms with E-state index in [1.807, 2.05) is 0 Å². The molecule has 0 aliphatic rings. The summed E-state index contributed by atoms with van der Waals surface area (Å²) in [5.74, 6) is -0.758. The Balaban J connectivity index is 2.86. The van der Waals surface area contributed by atoms with Gasteiger partial charge in [-0.25, -0.2) is 4.98 Å². The van der Waals surface area contributed by atoms with Gasteiger partial charge in [0.1, 0.15) is 0 Å². The van der Waals surface area contributed by atoms with Gasteiger partial charge in [-0.05, 0) is 12.1 Å². The summed E-state index contributed by atoms with van der Waals surface area (Å²) in [7, 11) is 0. The second-order valence-electron chi connectivity index (χ2n) is 3.74. The van der Waals surface area contributed by atoms with Crippen LogP contribution in [0.1, 0.15) is 5.56 Å². The molecular formula is C12H5Cl5FNO. The van der Waals surface area contributed by atoms with Gasteiger partial charge < -0.3 is 5.11 Å². The molecule has 0 saturated carbocycles. The van der Waals surface area contributed by atoms with Crippen molar-refractivity contribution in [2.75, 3.05) is 0 Å². The smallest absolute Gasteiger partial charge is 0.213 e. The maximum absolute atomic E-state index is 13.3. The molecule has 2 rings (SSSR count). The number of rotatable bonds is 2. The van der Waals surface area contributed by atoms with Crippen LogP contribution in [-0.2, 0) is 6.61 Å². The Morgan fingerprint density at radius 1 is 0.900 bits per heavy atom. The first-order chi connectivity index (χ1) is 9.38. The van der Waals surface area contributed by atoms with Gasteiger partial charge in [0.15, 0.2) is 0 Å².